The molecule has 16 heavy (non-hydrogen) atoms. The molecule has 1 atom stereocenters. The maximum Gasteiger partial charge on any atom is 0.349 e. The monoisotopic (exact) mass is 242 g/mol. The standard InChI is InChI=1S/C12H15FO2S/c1-12(2,3)8-4-6-9(7-5-8)16-10(13)11(14)15/h4-7,10H,1-3H3,(H,14,15). The molecule has 1 rings (SSSR count). The zero-order valence-corrected chi connectivity index (χ0v) is 10.3. The minimum Gasteiger partial charge on any atom is -0.478 e. The van der Waals surface area contributed by atoms with Crippen molar-refractivity contribution in [1.29, 1.82) is 0 Å². The number of thioether (sulfide) groups is 1. The fourth-order valence-corrected chi connectivity index (χ4v) is 1.84. The van der Waals surface area contributed by atoms with Crippen molar-refractivity contribution < 1.29 is 14.3 Å². The summed E-state index contributed by atoms with van der Waals surface area (Å²) in [6.45, 7) is 6.26. The number of alkyl halides is 1. The Morgan fingerprint density at radius 2 is 1.81 bits per heavy atom. The first kappa shape index (κ1) is 13.0. The summed E-state index contributed by atoms with van der Waals surface area (Å²) in [4.78, 5) is 11.0. The fourth-order valence-electron chi connectivity index (χ4n) is 1.20. The average Bonchev–Trinajstić information content (AvgIpc) is 2.17. The fraction of sp³-hybridized carbons (Fsp3) is 0.417. The van der Waals surface area contributed by atoms with Crippen LogP contribution in [0.25, 0.3) is 0 Å². The molecule has 4 heteroatoms. The molecular weight excluding hydrogens is 227 g/mol. The Labute approximate surface area is 98.9 Å². The lowest BCUT2D eigenvalue weighted by molar-refractivity contribution is -0.139. The number of halogens is 1. The van der Waals surface area contributed by atoms with E-state index in [1.54, 1.807) is 12.1 Å². The van der Waals surface area contributed by atoms with Crippen LogP contribution >= 0.6 is 11.8 Å². The summed E-state index contributed by atoms with van der Waals surface area (Å²) in [6.07, 6.45) is 0. The van der Waals surface area contributed by atoms with Crippen LogP contribution in [-0.2, 0) is 10.2 Å². The van der Waals surface area contributed by atoms with Crippen molar-refractivity contribution in [1.82, 2.24) is 0 Å². The van der Waals surface area contributed by atoms with Crippen LogP contribution in [0.3, 0.4) is 0 Å². The van der Waals surface area contributed by atoms with Gasteiger partial charge in [-0.15, -0.1) is 0 Å². The number of rotatable bonds is 3. The third-order valence-corrected chi connectivity index (χ3v) is 3.11. The van der Waals surface area contributed by atoms with E-state index in [-0.39, 0.29) is 5.41 Å². The van der Waals surface area contributed by atoms with Crippen molar-refractivity contribution in [3.05, 3.63) is 29.8 Å². The van der Waals surface area contributed by atoms with Gasteiger partial charge < -0.3 is 5.11 Å². The molecule has 0 aliphatic carbocycles. The van der Waals surface area contributed by atoms with Gasteiger partial charge in [-0.3, -0.25) is 0 Å². The molecule has 0 aliphatic heterocycles. The first-order chi connectivity index (χ1) is 7.30. The minimum atomic E-state index is -1.90. The summed E-state index contributed by atoms with van der Waals surface area (Å²) in [5.74, 6) is -1.44. The Kier molecular flexibility index (Phi) is 3.97. The second-order valence-corrected chi connectivity index (χ2v) is 5.67. The van der Waals surface area contributed by atoms with Crippen LogP contribution in [0.15, 0.2) is 29.2 Å². The molecule has 1 aromatic carbocycles. The second kappa shape index (κ2) is 4.87. The van der Waals surface area contributed by atoms with Gasteiger partial charge in [0.25, 0.3) is 0 Å². The van der Waals surface area contributed by atoms with Gasteiger partial charge in [0.1, 0.15) is 0 Å². The molecule has 0 saturated heterocycles. The highest BCUT2D eigenvalue weighted by atomic mass is 32.2. The highest BCUT2D eigenvalue weighted by Gasteiger charge is 2.18. The van der Waals surface area contributed by atoms with Gasteiger partial charge >= 0.3 is 5.97 Å². The van der Waals surface area contributed by atoms with E-state index < -0.39 is 11.5 Å². The van der Waals surface area contributed by atoms with Gasteiger partial charge in [-0.05, 0) is 23.1 Å². The van der Waals surface area contributed by atoms with Gasteiger partial charge in [0.05, 0.1) is 0 Å². The third-order valence-electron chi connectivity index (χ3n) is 2.15. The van der Waals surface area contributed by atoms with E-state index >= 15 is 0 Å². The van der Waals surface area contributed by atoms with Crippen LogP contribution < -0.4 is 0 Å². The third kappa shape index (κ3) is 3.52. The van der Waals surface area contributed by atoms with Crippen LogP contribution in [0.1, 0.15) is 26.3 Å². The molecule has 0 saturated carbocycles. The number of carbonyl (C=O) groups is 1. The van der Waals surface area contributed by atoms with Crippen molar-refractivity contribution in [2.75, 3.05) is 0 Å². The van der Waals surface area contributed by atoms with Gasteiger partial charge in [0.2, 0.25) is 5.50 Å². The summed E-state index contributed by atoms with van der Waals surface area (Å²) in [7, 11) is 0. The smallest absolute Gasteiger partial charge is 0.349 e. The summed E-state index contributed by atoms with van der Waals surface area (Å²) < 4.78 is 12.9. The van der Waals surface area contributed by atoms with Crippen molar-refractivity contribution in [2.45, 2.75) is 36.6 Å². The van der Waals surface area contributed by atoms with Gasteiger partial charge in [-0.2, -0.15) is 0 Å². The quantitative estimate of drug-likeness (QED) is 0.825. The summed E-state index contributed by atoms with van der Waals surface area (Å²) in [5.41, 5.74) is -0.714. The van der Waals surface area contributed by atoms with Crippen molar-refractivity contribution in [3.63, 3.8) is 0 Å². The van der Waals surface area contributed by atoms with Gasteiger partial charge in [-0.1, -0.05) is 44.7 Å². The SMILES string of the molecule is CC(C)(C)c1ccc(SC(F)C(=O)O)cc1. The summed E-state index contributed by atoms with van der Waals surface area (Å²) in [5, 5.41) is 8.43. The van der Waals surface area contributed by atoms with Crippen LogP contribution in [0.5, 0.6) is 0 Å². The van der Waals surface area contributed by atoms with Crippen molar-refractivity contribution >= 4 is 17.7 Å². The molecule has 0 spiro atoms. The lowest BCUT2D eigenvalue weighted by Gasteiger charge is -2.19. The summed E-state index contributed by atoms with van der Waals surface area (Å²) >= 11 is 0.705. The largest absolute Gasteiger partial charge is 0.478 e. The molecule has 0 amide bonds. The van der Waals surface area contributed by atoms with Crippen LogP contribution in [-0.4, -0.2) is 16.6 Å². The van der Waals surface area contributed by atoms with Crippen LogP contribution in [0.4, 0.5) is 4.39 Å². The Bertz CT molecular complexity index is 368. The number of hydrogen-bond donors (Lipinski definition) is 1. The van der Waals surface area contributed by atoms with E-state index in [9.17, 15) is 9.18 Å². The Hall–Kier alpha value is -1.03. The predicted molar refractivity (Wildman–Crippen MR) is 63.5 cm³/mol. The number of carboxylic acid groups (broad SMARTS) is 1. The van der Waals surface area contributed by atoms with E-state index in [0.717, 1.165) is 5.56 Å². The van der Waals surface area contributed by atoms with Crippen LogP contribution in [0.2, 0.25) is 0 Å². The molecule has 0 heterocycles. The van der Waals surface area contributed by atoms with Crippen molar-refractivity contribution in [2.24, 2.45) is 0 Å². The first-order valence-electron chi connectivity index (χ1n) is 4.95. The zero-order chi connectivity index (χ0) is 12.3. The Balaban J connectivity index is 2.76. The molecule has 0 radical (unpaired) electrons. The minimum absolute atomic E-state index is 0.0467. The maximum absolute atomic E-state index is 12.9. The van der Waals surface area contributed by atoms with Gasteiger partial charge in [0, 0.05) is 4.90 Å². The molecule has 1 unspecified atom stereocenters. The zero-order valence-electron chi connectivity index (χ0n) is 9.53. The molecule has 88 valence electrons. The second-order valence-electron chi connectivity index (χ2n) is 4.55. The Morgan fingerprint density at radius 3 is 2.19 bits per heavy atom. The number of aliphatic carboxylic acids is 1. The molecule has 0 fully saturated rings. The molecular formula is C12H15FO2S. The predicted octanol–water partition coefficient (Wildman–Crippen LogP) is 3.46. The van der Waals surface area contributed by atoms with Gasteiger partial charge in [-0.25, -0.2) is 9.18 Å². The molecule has 1 aromatic rings. The normalized spacial score (nSPS) is 13.5. The molecule has 1 N–H and O–H groups in total. The maximum atomic E-state index is 12.9. The Morgan fingerprint density at radius 1 is 1.31 bits per heavy atom. The molecule has 0 bridgehead atoms. The van der Waals surface area contributed by atoms with E-state index in [0.29, 0.717) is 16.7 Å². The number of carboxylic acids is 1. The lowest BCUT2D eigenvalue weighted by atomic mass is 9.87. The molecule has 0 aliphatic rings. The average molecular weight is 242 g/mol. The number of hydrogen-bond acceptors (Lipinski definition) is 2. The van der Waals surface area contributed by atoms with E-state index in [2.05, 4.69) is 20.8 Å². The van der Waals surface area contributed by atoms with E-state index in [1.165, 1.54) is 0 Å². The van der Waals surface area contributed by atoms with E-state index in [4.69, 9.17) is 5.11 Å². The molecule has 2 nitrogen and oxygen atoms in total. The van der Waals surface area contributed by atoms with Crippen LogP contribution in [0, 0.1) is 0 Å². The highest BCUT2D eigenvalue weighted by Crippen LogP contribution is 2.28. The molecule has 0 aromatic heterocycles. The summed E-state index contributed by atoms with van der Waals surface area (Å²) in [6, 6.07) is 7.30. The highest BCUT2D eigenvalue weighted by molar-refractivity contribution is 8.00. The van der Waals surface area contributed by atoms with E-state index in [1.807, 2.05) is 12.1 Å². The van der Waals surface area contributed by atoms with Gasteiger partial charge in [0.15, 0.2) is 0 Å². The number of benzene rings is 1. The lowest BCUT2D eigenvalue weighted by Crippen LogP contribution is -2.11. The van der Waals surface area contributed by atoms with Crippen molar-refractivity contribution in [3.8, 4) is 0 Å². The topological polar surface area (TPSA) is 37.3 Å². The first-order valence-corrected chi connectivity index (χ1v) is 5.83.